The fourth-order valence-electron chi connectivity index (χ4n) is 2.83. The lowest BCUT2D eigenvalue weighted by molar-refractivity contribution is -0.137. The molecule has 0 bridgehead atoms. The second-order valence-electron chi connectivity index (χ2n) is 6.65. The first-order valence-electron chi connectivity index (χ1n) is 9.35. The second kappa shape index (κ2) is 9.83. The Morgan fingerprint density at radius 3 is 2.83 bits per heavy atom. The molecular weight excluding hydrogens is 390 g/mol. The van der Waals surface area contributed by atoms with Gasteiger partial charge in [-0.05, 0) is 42.0 Å². The molecule has 29 heavy (non-hydrogen) atoms. The molecule has 0 saturated carbocycles. The highest BCUT2D eigenvalue weighted by molar-refractivity contribution is 7.13. The lowest BCUT2D eigenvalue weighted by Gasteiger charge is -2.09. The lowest BCUT2D eigenvalue weighted by atomic mass is 10.1. The largest absolute Gasteiger partial charge is 0.481 e. The maximum atomic E-state index is 12.3. The maximum absolute atomic E-state index is 12.3. The van der Waals surface area contributed by atoms with Crippen LogP contribution in [-0.2, 0) is 22.6 Å². The molecule has 0 spiro atoms. The summed E-state index contributed by atoms with van der Waals surface area (Å²) in [6.45, 7) is 0.610. The molecular formula is C20H23N5O3S. The van der Waals surface area contributed by atoms with Gasteiger partial charge in [-0.3, -0.25) is 14.3 Å². The number of nitrogens with zero attached hydrogens (tertiary/aromatic N) is 3. The van der Waals surface area contributed by atoms with Crippen LogP contribution in [0.5, 0.6) is 0 Å². The number of nitrogen functional groups attached to an aromatic ring is 1. The molecule has 1 amide bonds. The molecule has 0 aliphatic rings. The van der Waals surface area contributed by atoms with Crippen molar-refractivity contribution in [3.63, 3.8) is 0 Å². The van der Waals surface area contributed by atoms with E-state index in [9.17, 15) is 9.59 Å². The van der Waals surface area contributed by atoms with Crippen molar-refractivity contribution < 1.29 is 14.7 Å². The highest BCUT2D eigenvalue weighted by atomic mass is 32.1. The Bertz CT molecular complexity index is 968. The first kappa shape index (κ1) is 20.5. The zero-order valence-corrected chi connectivity index (χ0v) is 16.7. The maximum Gasteiger partial charge on any atom is 0.303 e. The predicted molar refractivity (Wildman–Crippen MR) is 113 cm³/mol. The minimum absolute atomic E-state index is 0.143. The van der Waals surface area contributed by atoms with Crippen LogP contribution in [0, 0.1) is 0 Å². The summed E-state index contributed by atoms with van der Waals surface area (Å²) in [6, 6.07) is 9.61. The number of carbonyl (C=O) groups excluding carboxylic acids is 1. The number of aryl methyl sites for hydroxylation is 2. The van der Waals surface area contributed by atoms with Gasteiger partial charge in [-0.25, -0.2) is 0 Å². The van der Waals surface area contributed by atoms with Gasteiger partial charge in [0.15, 0.2) is 0 Å². The van der Waals surface area contributed by atoms with Crippen molar-refractivity contribution in [2.45, 2.75) is 38.6 Å². The van der Waals surface area contributed by atoms with E-state index in [0.717, 1.165) is 22.6 Å². The van der Waals surface area contributed by atoms with E-state index in [1.54, 1.807) is 28.3 Å². The Kier molecular flexibility index (Phi) is 6.96. The van der Waals surface area contributed by atoms with Crippen LogP contribution in [0.15, 0.2) is 41.9 Å². The van der Waals surface area contributed by atoms with Crippen molar-refractivity contribution >= 4 is 34.6 Å². The van der Waals surface area contributed by atoms with Gasteiger partial charge in [-0.1, -0.05) is 17.3 Å². The third-order valence-corrected chi connectivity index (χ3v) is 5.27. The van der Waals surface area contributed by atoms with Gasteiger partial charge in [0.25, 0.3) is 0 Å². The monoisotopic (exact) mass is 413 g/mol. The van der Waals surface area contributed by atoms with Crippen molar-refractivity contribution in [1.29, 1.82) is 0 Å². The number of carboxylic acids is 1. The molecule has 8 nitrogen and oxygen atoms in total. The van der Waals surface area contributed by atoms with Crippen LogP contribution in [0.2, 0.25) is 0 Å². The first-order valence-corrected chi connectivity index (χ1v) is 10.2. The average Bonchev–Trinajstić information content (AvgIpc) is 3.37. The number of carbonyl (C=O) groups is 2. The van der Waals surface area contributed by atoms with Gasteiger partial charge in [0.2, 0.25) is 5.91 Å². The smallest absolute Gasteiger partial charge is 0.303 e. The summed E-state index contributed by atoms with van der Waals surface area (Å²) in [5.41, 5.74) is 8.85. The number of unbranched alkanes of at least 4 members (excludes halogenated alkanes) is 1. The van der Waals surface area contributed by atoms with Crippen LogP contribution in [0.3, 0.4) is 0 Å². The minimum atomic E-state index is -0.795. The summed E-state index contributed by atoms with van der Waals surface area (Å²) in [5.74, 6) is -0.937. The summed E-state index contributed by atoms with van der Waals surface area (Å²) >= 11 is 1.63. The topological polar surface area (TPSA) is 123 Å². The number of nitrogens with one attached hydrogen (secondary N) is 1. The Hall–Kier alpha value is -3.20. The fourth-order valence-corrected chi connectivity index (χ4v) is 3.55. The molecule has 152 valence electrons. The quantitative estimate of drug-likeness (QED) is 0.346. The number of nitrogens with two attached hydrogens (primary N) is 1. The van der Waals surface area contributed by atoms with Gasteiger partial charge in [0, 0.05) is 36.9 Å². The van der Waals surface area contributed by atoms with Gasteiger partial charge in [0.1, 0.15) is 0 Å². The number of benzene rings is 1. The van der Waals surface area contributed by atoms with E-state index in [2.05, 4.69) is 15.6 Å². The van der Waals surface area contributed by atoms with Gasteiger partial charge in [-0.15, -0.1) is 16.4 Å². The van der Waals surface area contributed by atoms with Crippen LogP contribution in [0.4, 0.5) is 11.4 Å². The van der Waals surface area contributed by atoms with Crippen molar-refractivity contribution in [3.8, 4) is 10.4 Å². The fraction of sp³-hybridized carbons (Fsp3) is 0.300. The SMILES string of the molecule is Nc1ccc(-c2cccs2)cc1NC(=O)CCc1cn(CCCCC(=O)O)nn1. The molecule has 0 fully saturated rings. The van der Waals surface area contributed by atoms with E-state index < -0.39 is 5.97 Å². The standard InChI is InChI=1S/C20H23N5O3S/c21-16-8-6-14(18-4-3-11-29-18)12-17(16)22-19(26)9-7-15-13-25(24-23-15)10-2-1-5-20(27)28/h3-4,6,8,11-13H,1-2,5,7,9-10,21H2,(H,22,26)(H,27,28). The molecule has 9 heteroatoms. The third-order valence-electron chi connectivity index (χ3n) is 4.36. The van der Waals surface area contributed by atoms with Crippen molar-refractivity contribution in [2.24, 2.45) is 0 Å². The first-order chi connectivity index (χ1) is 14.0. The number of rotatable bonds is 10. The second-order valence-corrected chi connectivity index (χ2v) is 7.60. The van der Waals surface area contributed by atoms with Gasteiger partial charge in [0.05, 0.1) is 17.1 Å². The number of hydrogen-bond donors (Lipinski definition) is 3. The molecule has 0 atom stereocenters. The Morgan fingerprint density at radius 2 is 2.07 bits per heavy atom. The normalized spacial score (nSPS) is 10.8. The molecule has 2 aromatic heterocycles. The lowest BCUT2D eigenvalue weighted by Crippen LogP contribution is -2.13. The molecule has 3 aromatic rings. The van der Waals surface area contributed by atoms with Crippen LogP contribution in [0.25, 0.3) is 10.4 Å². The van der Waals surface area contributed by atoms with E-state index in [-0.39, 0.29) is 18.7 Å². The summed E-state index contributed by atoms with van der Waals surface area (Å²) in [5, 5.41) is 21.6. The van der Waals surface area contributed by atoms with E-state index in [1.807, 2.05) is 29.6 Å². The number of aliphatic carboxylic acids is 1. The number of aromatic nitrogens is 3. The van der Waals surface area contributed by atoms with Gasteiger partial charge in [-0.2, -0.15) is 0 Å². The summed E-state index contributed by atoms with van der Waals surface area (Å²) in [6.07, 6.45) is 3.98. The van der Waals surface area contributed by atoms with Crippen LogP contribution in [0.1, 0.15) is 31.4 Å². The Morgan fingerprint density at radius 1 is 1.21 bits per heavy atom. The number of amides is 1. The molecule has 0 saturated heterocycles. The average molecular weight is 414 g/mol. The van der Waals surface area contributed by atoms with Gasteiger partial charge >= 0.3 is 5.97 Å². The zero-order valence-electron chi connectivity index (χ0n) is 15.9. The van der Waals surface area contributed by atoms with Gasteiger partial charge < -0.3 is 16.2 Å². The molecule has 2 heterocycles. The highest BCUT2D eigenvalue weighted by Gasteiger charge is 2.10. The number of hydrogen-bond acceptors (Lipinski definition) is 6. The summed E-state index contributed by atoms with van der Waals surface area (Å²) < 4.78 is 1.68. The number of anilines is 2. The number of carboxylic acid groups (broad SMARTS) is 1. The molecule has 0 aliphatic carbocycles. The van der Waals surface area contributed by atoms with E-state index in [4.69, 9.17) is 10.8 Å². The Labute approximate surface area is 172 Å². The van der Waals surface area contributed by atoms with Crippen molar-refractivity contribution in [3.05, 3.63) is 47.6 Å². The summed E-state index contributed by atoms with van der Waals surface area (Å²) in [7, 11) is 0. The van der Waals surface area contributed by atoms with E-state index in [0.29, 0.717) is 30.8 Å². The van der Waals surface area contributed by atoms with E-state index >= 15 is 0 Å². The van der Waals surface area contributed by atoms with Crippen LogP contribution in [-0.4, -0.2) is 32.0 Å². The summed E-state index contributed by atoms with van der Waals surface area (Å²) in [4.78, 5) is 24.0. The molecule has 4 N–H and O–H groups in total. The third kappa shape index (κ3) is 6.15. The molecule has 0 aliphatic heterocycles. The highest BCUT2D eigenvalue weighted by Crippen LogP contribution is 2.30. The van der Waals surface area contributed by atoms with Crippen molar-refractivity contribution in [2.75, 3.05) is 11.1 Å². The minimum Gasteiger partial charge on any atom is -0.481 e. The molecule has 0 radical (unpaired) electrons. The molecule has 1 aromatic carbocycles. The van der Waals surface area contributed by atoms with E-state index in [1.165, 1.54) is 0 Å². The predicted octanol–water partition coefficient (Wildman–Crippen LogP) is 3.42. The number of thiophene rings is 1. The molecule has 0 unspecified atom stereocenters. The zero-order chi connectivity index (χ0) is 20.6. The van der Waals surface area contributed by atoms with Crippen LogP contribution >= 0.6 is 11.3 Å². The Balaban J connectivity index is 1.49. The van der Waals surface area contributed by atoms with Crippen LogP contribution < -0.4 is 11.1 Å². The van der Waals surface area contributed by atoms with Crippen molar-refractivity contribution in [1.82, 2.24) is 15.0 Å². The molecule has 3 rings (SSSR count).